The van der Waals surface area contributed by atoms with Gasteiger partial charge in [-0.1, -0.05) is 50.3 Å². The number of hydrogen-bond donors (Lipinski definition) is 0. The zero-order valence-electron chi connectivity index (χ0n) is 37.5. The SMILES string of the molecule is CC[C@H]1CCC[C@H](O[C@H]2CC[C@H](N(C)C)C(C)O2)[C@@H](C)C(=O)C2=C[C@H]3[C@@H]4C[C@H](O[C@@H]5OC(C)[C@H](OC)C(OC)[C@@H]5OC)C[C@H]4[C@H]4[C@@H]([C@H]3[C@@H]2CC(=O)O1)N4Cc1ccccc1. The predicted octanol–water partition coefficient (Wildman–Crippen LogP) is 6.18. The third-order valence-corrected chi connectivity index (χ3v) is 15.7. The minimum Gasteiger partial charge on any atom is -0.462 e. The highest BCUT2D eigenvalue weighted by Crippen LogP contribution is 2.64. The molecule has 0 spiro atoms. The van der Waals surface area contributed by atoms with Gasteiger partial charge in [0.05, 0.1) is 30.8 Å². The van der Waals surface area contributed by atoms with Crippen molar-refractivity contribution < 1.29 is 47.5 Å². The fourth-order valence-electron chi connectivity index (χ4n) is 12.8. The van der Waals surface area contributed by atoms with Crippen LogP contribution in [0.15, 0.2) is 42.0 Å². The van der Waals surface area contributed by atoms with Gasteiger partial charge in [0.25, 0.3) is 0 Å². The summed E-state index contributed by atoms with van der Waals surface area (Å²) >= 11 is 0. The molecule has 1 aromatic carbocycles. The number of carbonyl (C=O) groups excluding carboxylic acids is 2. The molecule has 3 aliphatic carbocycles. The van der Waals surface area contributed by atoms with E-state index in [4.69, 9.17) is 37.9 Å². The van der Waals surface area contributed by atoms with Crippen LogP contribution in [-0.2, 0) is 54.0 Å². The van der Waals surface area contributed by atoms with Crippen LogP contribution in [0.3, 0.4) is 0 Å². The van der Waals surface area contributed by atoms with Crippen LogP contribution >= 0.6 is 0 Å². The molecule has 4 unspecified atom stereocenters. The summed E-state index contributed by atoms with van der Waals surface area (Å²) in [7, 11) is 9.22. The number of likely N-dealkylation sites (N-methyl/N-ethyl adjacent to an activating group) is 1. The number of methoxy groups -OCH3 is 3. The summed E-state index contributed by atoms with van der Waals surface area (Å²) in [4.78, 5) is 34.0. The lowest BCUT2D eigenvalue weighted by Gasteiger charge is -2.44. The monoisotopic (exact) mass is 837 g/mol. The molecule has 4 heterocycles. The summed E-state index contributed by atoms with van der Waals surface area (Å²) in [6.07, 6.45) is 6.22. The summed E-state index contributed by atoms with van der Waals surface area (Å²) in [5, 5.41) is 0. The van der Waals surface area contributed by atoms with E-state index in [9.17, 15) is 4.79 Å². The number of nitrogens with zero attached hydrogens (tertiary/aromatic N) is 2. The maximum absolute atomic E-state index is 15.2. The van der Waals surface area contributed by atoms with Crippen LogP contribution in [0.25, 0.3) is 0 Å². The zero-order valence-corrected chi connectivity index (χ0v) is 37.5. The molecule has 60 heavy (non-hydrogen) atoms. The number of cyclic esters (lactones) is 1. The molecule has 2 saturated carbocycles. The fourth-order valence-corrected chi connectivity index (χ4v) is 12.8. The van der Waals surface area contributed by atoms with Crippen LogP contribution in [-0.4, -0.2) is 137 Å². The van der Waals surface area contributed by atoms with E-state index in [1.807, 2.05) is 13.8 Å². The minimum atomic E-state index is -0.611. The third kappa shape index (κ3) is 8.68. The van der Waals surface area contributed by atoms with Crippen LogP contribution in [0.4, 0.5) is 0 Å². The second-order valence-electron chi connectivity index (χ2n) is 19.3. The van der Waals surface area contributed by atoms with E-state index in [0.29, 0.717) is 24.4 Å². The number of ketones is 1. The summed E-state index contributed by atoms with van der Waals surface area (Å²) in [6.45, 7) is 9.08. The van der Waals surface area contributed by atoms with E-state index >= 15 is 4.79 Å². The van der Waals surface area contributed by atoms with Crippen molar-refractivity contribution in [1.29, 1.82) is 0 Å². The Balaban J connectivity index is 1.09. The number of benzene rings is 1. The largest absolute Gasteiger partial charge is 0.462 e. The van der Waals surface area contributed by atoms with Gasteiger partial charge in [0.1, 0.15) is 24.4 Å². The van der Waals surface area contributed by atoms with Crippen molar-refractivity contribution in [2.24, 2.45) is 35.5 Å². The van der Waals surface area contributed by atoms with Gasteiger partial charge in [0, 0.05) is 57.8 Å². The molecule has 8 rings (SSSR count). The maximum Gasteiger partial charge on any atom is 0.306 e. The lowest BCUT2D eigenvalue weighted by Crippen LogP contribution is -2.59. The Hall–Kier alpha value is -2.26. The number of rotatable bonds is 11. The van der Waals surface area contributed by atoms with Gasteiger partial charge in [-0.3, -0.25) is 14.5 Å². The molecule has 0 aromatic heterocycles. The summed E-state index contributed by atoms with van der Waals surface area (Å²) in [5.74, 6) is 0.188. The zero-order chi connectivity index (χ0) is 42.4. The molecule has 20 atom stereocenters. The molecule has 7 aliphatic rings. The van der Waals surface area contributed by atoms with Crippen molar-refractivity contribution in [3.05, 3.63) is 47.5 Å². The first-order chi connectivity index (χ1) is 29.0. The van der Waals surface area contributed by atoms with Gasteiger partial charge < -0.3 is 42.8 Å². The first-order valence-electron chi connectivity index (χ1n) is 23.1. The van der Waals surface area contributed by atoms with E-state index in [-0.39, 0.29) is 103 Å². The topological polar surface area (TPSA) is 114 Å². The molecule has 0 bridgehead atoms. The Morgan fingerprint density at radius 3 is 2.23 bits per heavy atom. The molecule has 0 N–H and O–H groups in total. The smallest absolute Gasteiger partial charge is 0.306 e. The average Bonchev–Trinajstić information content (AvgIpc) is 3.55. The van der Waals surface area contributed by atoms with Crippen molar-refractivity contribution in [1.82, 2.24) is 9.80 Å². The van der Waals surface area contributed by atoms with E-state index in [1.54, 1.807) is 21.3 Å². The molecule has 12 nitrogen and oxygen atoms in total. The van der Waals surface area contributed by atoms with Crippen LogP contribution in [0, 0.1) is 35.5 Å². The van der Waals surface area contributed by atoms with Gasteiger partial charge in [-0.05, 0) is 114 Å². The standard InChI is InChI=1S/C48H72N2O10/c1-10-30-17-14-18-38(60-40-20-19-37(49(5)6)27(3)56-40)26(2)44(52)36-23-33-32-21-31(59-48-47(55-9)46(54-8)45(53-7)28(4)57-48)22-35(32)42-43(41(33)34(36)24-39(51)58-30)50(42)25-29-15-12-11-13-16-29/h11-13,15-16,23,26-28,30-35,37-38,40-43,45-48H,10,14,17-22,24-25H2,1-9H3/t26-,27?,28?,30+,31+,32+,33+,34-,35-,37+,38+,40+,41-,42+,43-,45+,46?,47+,48+,50?/m1/s1. The normalized spacial score (nSPS) is 45.7. The van der Waals surface area contributed by atoms with E-state index in [2.05, 4.69) is 74.2 Å². The molecule has 334 valence electrons. The molecule has 12 heteroatoms. The molecule has 0 amide bonds. The number of carbonyl (C=O) groups is 2. The van der Waals surface area contributed by atoms with Crippen molar-refractivity contribution in [2.45, 2.75) is 172 Å². The van der Waals surface area contributed by atoms with Crippen LogP contribution in [0.5, 0.6) is 0 Å². The van der Waals surface area contributed by atoms with Crippen LogP contribution in [0.1, 0.15) is 91.0 Å². The second-order valence-corrected chi connectivity index (χ2v) is 19.3. The quantitative estimate of drug-likeness (QED) is 0.187. The van der Waals surface area contributed by atoms with E-state index in [0.717, 1.165) is 57.1 Å². The third-order valence-electron chi connectivity index (χ3n) is 15.7. The lowest BCUT2D eigenvalue weighted by atomic mass is 9.66. The summed E-state index contributed by atoms with van der Waals surface area (Å²) in [5.41, 5.74) is 2.07. The number of Topliss-reactive ketones (excluding diaryl/α,β-unsaturated/α-hetero) is 1. The molecular weight excluding hydrogens is 765 g/mol. The summed E-state index contributed by atoms with van der Waals surface area (Å²) < 4.78 is 50.6. The van der Waals surface area contributed by atoms with Gasteiger partial charge in [-0.15, -0.1) is 0 Å². The van der Waals surface area contributed by atoms with Crippen LogP contribution in [0.2, 0.25) is 0 Å². The molecule has 4 saturated heterocycles. The molecular formula is C48H72N2O10. The van der Waals surface area contributed by atoms with E-state index in [1.165, 1.54) is 5.56 Å². The van der Waals surface area contributed by atoms with Crippen molar-refractivity contribution >= 4 is 11.8 Å². The molecule has 1 aromatic rings. The van der Waals surface area contributed by atoms with Gasteiger partial charge >= 0.3 is 5.97 Å². The fraction of sp³-hybridized carbons (Fsp3) is 0.792. The predicted molar refractivity (Wildman–Crippen MR) is 225 cm³/mol. The highest BCUT2D eigenvalue weighted by molar-refractivity contribution is 5.99. The molecule has 4 aliphatic heterocycles. The average molecular weight is 837 g/mol. The van der Waals surface area contributed by atoms with Gasteiger partial charge in [-0.2, -0.15) is 0 Å². The Labute approximate surface area is 358 Å². The van der Waals surface area contributed by atoms with Gasteiger partial charge in [0.15, 0.2) is 18.4 Å². The highest BCUT2D eigenvalue weighted by Gasteiger charge is 2.69. The highest BCUT2D eigenvalue weighted by atomic mass is 16.7. The number of esters is 1. The second kappa shape index (κ2) is 18.8. The van der Waals surface area contributed by atoms with E-state index < -0.39 is 12.4 Å². The molecule has 0 radical (unpaired) electrons. The Bertz CT molecular complexity index is 1660. The first-order valence-corrected chi connectivity index (χ1v) is 23.1. The van der Waals surface area contributed by atoms with Gasteiger partial charge in [-0.25, -0.2) is 0 Å². The first kappa shape index (κ1) is 44.4. The van der Waals surface area contributed by atoms with Crippen molar-refractivity contribution in [2.75, 3.05) is 35.4 Å². The summed E-state index contributed by atoms with van der Waals surface area (Å²) in [6, 6.07) is 11.6. The Morgan fingerprint density at radius 2 is 1.55 bits per heavy atom. The Morgan fingerprint density at radius 1 is 0.817 bits per heavy atom. The number of fused-ring (bicyclic) bond motifs is 8. The van der Waals surface area contributed by atoms with Crippen molar-refractivity contribution in [3.8, 4) is 0 Å². The number of allylic oxidation sites excluding steroid dienone is 2. The number of ether oxygens (including phenoxy) is 8. The van der Waals surface area contributed by atoms with Gasteiger partial charge in [0.2, 0.25) is 0 Å². The molecule has 6 fully saturated rings. The van der Waals surface area contributed by atoms with Crippen LogP contribution < -0.4 is 0 Å². The minimum absolute atomic E-state index is 0.0274. The van der Waals surface area contributed by atoms with Crippen molar-refractivity contribution in [3.63, 3.8) is 0 Å². The lowest BCUT2D eigenvalue weighted by molar-refractivity contribution is -0.314. The maximum atomic E-state index is 15.2. The number of likely N-dealkylation sites (tertiary alicyclic amines) is 1. The Kier molecular flexibility index (Phi) is 13.9. The number of hydrogen-bond acceptors (Lipinski definition) is 12.